The van der Waals surface area contributed by atoms with E-state index in [4.69, 9.17) is 0 Å². The van der Waals surface area contributed by atoms with Crippen molar-refractivity contribution in [2.24, 2.45) is 0 Å². The van der Waals surface area contributed by atoms with Gasteiger partial charge in [0.05, 0.1) is 0 Å². The van der Waals surface area contributed by atoms with Gasteiger partial charge in [0.15, 0.2) is 0 Å². The zero-order valence-corrected chi connectivity index (χ0v) is 10.7. The Morgan fingerprint density at radius 1 is 1.00 bits per heavy atom. The molecule has 0 N–H and O–H groups in total. The van der Waals surface area contributed by atoms with E-state index in [0.29, 0.717) is 0 Å². The normalized spacial score (nSPS) is 0. The van der Waals surface area contributed by atoms with E-state index in [1.807, 2.05) is 0 Å². The van der Waals surface area contributed by atoms with Gasteiger partial charge in [-0.2, -0.15) is 0 Å². The molecule has 3 radical (unpaired) electrons. The van der Waals surface area contributed by atoms with Crippen molar-refractivity contribution in [3.8, 4) is 0 Å². The van der Waals surface area contributed by atoms with Gasteiger partial charge in [-0.3, -0.25) is 0 Å². The van der Waals surface area contributed by atoms with E-state index in [9.17, 15) is 0 Å². The second kappa shape index (κ2) is 23.7. The van der Waals surface area contributed by atoms with Crippen LogP contribution in [0.15, 0.2) is 0 Å². The molecule has 0 spiro atoms. The minimum atomic E-state index is 0. The Bertz CT molecular complexity index is 11.6. The van der Waals surface area contributed by atoms with Gasteiger partial charge in [0.25, 0.3) is 0 Å². The van der Waals surface area contributed by atoms with E-state index in [2.05, 4.69) is 0 Å². The van der Waals surface area contributed by atoms with Crippen LogP contribution < -0.4 is 0 Å². The van der Waals surface area contributed by atoms with Crippen LogP contribution >= 0.6 is 0 Å². The fourth-order valence-corrected chi connectivity index (χ4v) is 0. The summed E-state index contributed by atoms with van der Waals surface area (Å²) in [5, 5.41) is 0. The summed E-state index contributed by atoms with van der Waals surface area (Å²) in [5.41, 5.74) is 0. The van der Waals surface area contributed by atoms with Gasteiger partial charge >= 0.3 is 48.9 Å². The minimum Gasteiger partial charge on any atom is 0 e. The number of hydrogen-bond donors (Lipinski definition) is 0. The van der Waals surface area contributed by atoms with Gasteiger partial charge in [-0.15, -0.1) is 0 Å². The maximum Gasteiger partial charge on any atom is 0 e. The Hall–Kier alpha value is 4.43. The Morgan fingerprint density at radius 3 is 1.00 bits per heavy atom. The van der Waals surface area contributed by atoms with E-state index < -0.39 is 0 Å². The molecule has 0 aliphatic rings. The smallest absolute Gasteiger partial charge is 0 e. The predicted molar refractivity (Wildman–Crippen MR) is 8.54 cm³/mol. The maximum absolute atomic E-state index is 0. The second-order valence-corrected chi connectivity index (χ2v) is 0. The Labute approximate surface area is 134 Å². The van der Waals surface area contributed by atoms with Gasteiger partial charge in [0, 0.05) is 89.2 Å². The van der Waals surface area contributed by atoms with Crippen molar-refractivity contribution in [1.82, 2.24) is 0 Å². The Morgan fingerprint density at radius 2 is 1.00 bits per heavy atom. The van der Waals surface area contributed by atoms with Crippen LogP contribution in [0.25, 0.3) is 0 Å². The molecule has 0 atom stereocenters. The first-order valence-corrected chi connectivity index (χ1v) is 0. The van der Waals surface area contributed by atoms with E-state index in [1.165, 1.54) is 0 Å². The van der Waals surface area contributed by atoms with E-state index in [1.54, 1.807) is 0 Å². The number of hydrogen-bond acceptors (Lipinski definition) is 0. The standard InChI is InChI=1S/Ba.Cu.La.Mn.Zn.2H. The third-order valence-electron chi connectivity index (χ3n) is 0. The Kier molecular flexibility index (Phi) is 162. The molecule has 5 heteroatoms. The first-order chi connectivity index (χ1) is 0. The van der Waals surface area contributed by atoms with Crippen molar-refractivity contribution in [3.05, 3.63) is 0 Å². The molecular formula is H2BaCuLaMnZn. The van der Waals surface area contributed by atoms with Crippen LogP contribution in [-0.4, -0.2) is 48.9 Å². The van der Waals surface area contributed by atoms with Crippen molar-refractivity contribution < 1.29 is 89.2 Å². The summed E-state index contributed by atoms with van der Waals surface area (Å²) in [6.07, 6.45) is 0. The molecule has 5 heavy (non-hydrogen) atoms. The van der Waals surface area contributed by atoms with Crippen molar-refractivity contribution in [1.29, 1.82) is 0 Å². The third-order valence-corrected chi connectivity index (χ3v) is 0. The van der Waals surface area contributed by atoms with E-state index in [0.717, 1.165) is 0 Å². The van der Waals surface area contributed by atoms with Gasteiger partial charge < -0.3 is 0 Å². The molecule has 0 aliphatic carbocycles. The maximum atomic E-state index is 0. The van der Waals surface area contributed by atoms with E-state index >= 15 is 0 Å². The summed E-state index contributed by atoms with van der Waals surface area (Å²) < 4.78 is 0. The zero-order valence-electron chi connectivity index (χ0n) is 1.96. The molecular weight excluding hydrogens is 460 g/mol. The molecule has 0 aromatic carbocycles. The van der Waals surface area contributed by atoms with Crippen LogP contribution in [0.2, 0.25) is 0 Å². The Balaban J connectivity index is 0. The minimum absolute atomic E-state index is 0. The molecule has 0 rings (SSSR count). The van der Waals surface area contributed by atoms with Gasteiger partial charge in [-0.05, 0) is 0 Å². The van der Waals surface area contributed by atoms with Gasteiger partial charge in [0.2, 0.25) is 0 Å². The molecule has 0 nitrogen and oxygen atoms in total. The van der Waals surface area contributed by atoms with Crippen LogP contribution in [-0.2, 0) is 53.6 Å². The topological polar surface area (TPSA) is 0 Å². The largest absolute Gasteiger partial charge is 0 e. The second-order valence-electron chi connectivity index (χ2n) is 0. The molecule has 0 saturated carbocycles. The summed E-state index contributed by atoms with van der Waals surface area (Å²) in [4.78, 5) is 0. The summed E-state index contributed by atoms with van der Waals surface area (Å²) in [7, 11) is 0. The monoisotopic (exact) mass is 461 g/mol. The van der Waals surface area contributed by atoms with Crippen LogP contribution in [0.1, 0.15) is 0 Å². The fraction of sp³-hybridized carbons (Fsp3) is 0. The van der Waals surface area contributed by atoms with Crippen molar-refractivity contribution in [2.45, 2.75) is 0 Å². The summed E-state index contributed by atoms with van der Waals surface area (Å²) in [5.74, 6) is 0. The molecule has 27 valence electrons. The molecule has 0 aromatic rings. The van der Waals surface area contributed by atoms with Gasteiger partial charge in [-0.25, -0.2) is 0 Å². The molecule has 0 unspecified atom stereocenters. The summed E-state index contributed by atoms with van der Waals surface area (Å²) in [6, 6.07) is 0. The molecule has 0 amide bonds. The van der Waals surface area contributed by atoms with Gasteiger partial charge in [-0.1, -0.05) is 0 Å². The molecule has 0 aromatic heterocycles. The first-order valence-electron chi connectivity index (χ1n) is 0. The fourth-order valence-electron chi connectivity index (χ4n) is 0. The van der Waals surface area contributed by atoms with Crippen LogP contribution in [0, 0.1) is 35.6 Å². The van der Waals surface area contributed by atoms with Crippen LogP contribution in [0.3, 0.4) is 0 Å². The van der Waals surface area contributed by atoms with Gasteiger partial charge in [0.1, 0.15) is 0 Å². The predicted octanol–water partition coefficient (Wildman–Crippen LogP) is -0.924. The van der Waals surface area contributed by atoms with Crippen molar-refractivity contribution in [3.63, 3.8) is 0 Å². The molecule has 0 aliphatic heterocycles. The van der Waals surface area contributed by atoms with Crippen LogP contribution in [0.4, 0.5) is 0 Å². The summed E-state index contributed by atoms with van der Waals surface area (Å²) >= 11 is 0. The summed E-state index contributed by atoms with van der Waals surface area (Å²) in [6.45, 7) is 0. The van der Waals surface area contributed by atoms with E-state index in [-0.39, 0.29) is 138 Å². The number of rotatable bonds is 0. The van der Waals surface area contributed by atoms with Crippen LogP contribution in [0.5, 0.6) is 0 Å². The average Bonchev–Trinajstić information content (AvgIpc) is 0. The first kappa shape index (κ1) is 34.2. The zero-order chi connectivity index (χ0) is 0. The van der Waals surface area contributed by atoms with Crippen molar-refractivity contribution in [2.75, 3.05) is 0 Å². The third kappa shape index (κ3) is 17.8. The average molecular weight is 462 g/mol. The van der Waals surface area contributed by atoms with Crippen molar-refractivity contribution >= 4 is 48.9 Å². The molecule has 0 saturated heterocycles. The molecule has 0 bridgehead atoms. The quantitative estimate of drug-likeness (QED) is 0.409. The molecule has 0 fully saturated rings. The SMILES string of the molecule is [BaH2].[Cu].[La].[Mn].[Zn]. The molecule has 0 heterocycles.